The zero-order chi connectivity index (χ0) is 14.9. The summed E-state index contributed by atoms with van der Waals surface area (Å²) in [7, 11) is 0. The summed E-state index contributed by atoms with van der Waals surface area (Å²) in [5, 5.41) is 0.0705. The molecule has 2 rings (SSSR count). The normalized spacial score (nSPS) is 10.3. The third kappa shape index (κ3) is 3.02. The van der Waals surface area contributed by atoms with Crippen LogP contribution >= 0.6 is 27.5 Å². The number of amides is 1. The van der Waals surface area contributed by atoms with Crippen LogP contribution in [0.3, 0.4) is 0 Å². The first kappa shape index (κ1) is 14.6. The molecule has 1 amide bonds. The summed E-state index contributed by atoms with van der Waals surface area (Å²) in [6, 6.07) is 6.93. The molecule has 2 aromatic carbocycles. The minimum absolute atomic E-state index is 0.0164. The average molecular weight is 360 g/mol. The van der Waals surface area contributed by atoms with Gasteiger partial charge in [-0.15, -0.1) is 0 Å². The van der Waals surface area contributed by atoms with Crippen molar-refractivity contribution in [1.29, 1.82) is 0 Å². The Morgan fingerprint density at radius 1 is 1.30 bits per heavy atom. The fourth-order valence-electron chi connectivity index (χ4n) is 1.57. The third-order valence-electron chi connectivity index (χ3n) is 2.44. The molecule has 20 heavy (non-hydrogen) atoms. The number of hydrogen-bond donors (Lipinski definition) is 2. The van der Waals surface area contributed by atoms with E-state index in [2.05, 4.69) is 15.9 Å². The topological polar surface area (TPSA) is 78.3 Å². The Hall–Kier alpha value is -1.79. The van der Waals surface area contributed by atoms with Crippen LogP contribution in [0.5, 0.6) is 11.5 Å². The molecule has 0 saturated carbocycles. The summed E-state index contributed by atoms with van der Waals surface area (Å²) < 4.78 is 19.7. The lowest BCUT2D eigenvalue weighted by atomic mass is 10.1. The summed E-state index contributed by atoms with van der Waals surface area (Å²) in [5.74, 6) is -1.49. The maximum absolute atomic E-state index is 13.7. The van der Waals surface area contributed by atoms with E-state index in [1.165, 1.54) is 24.3 Å². The Bertz CT molecular complexity index is 694. The Kier molecular flexibility index (Phi) is 4.15. The van der Waals surface area contributed by atoms with Gasteiger partial charge in [0, 0.05) is 10.2 Å². The molecule has 0 bridgehead atoms. The third-order valence-corrected chi connectivity index (χ3v) is 3.21. The fourth-order valence-corrected chi connectivity index (χ4v) is 2.17. The molecule has 0 atom stereocenters. The van der Waals surface area contributed by atoms with Gasteiger partial charge in [-0.3, -0.25) is 4.79 Å². The van der Waals surface area contributed by atoms with Crippen LogP contribution in [0.1, 0.15) is 10.4 Å². The number of halogens is 3. The highest BCUT2D eigenvalue weighted by Crippen LogP contribution is 2.36. The summed E-state index contributed by atoms with van der Waals surface area (Å²) in [4.78, 5) is 11.4. The molecular formula is C13H9BrClFN2O2. The van der Waals surface area contributed by atoms with Crippen LogP contribution < -0.4 is 16.2 Å². The van der Waals surface area contributed by atoms with Crippen LogP contribution in [0, 0.1) is 5.82 Å². The van der Waals surface area contributed by atoms with E-state index in [1.807, 2.05) is 0 Å². The van der Waals surface area contributed by atoms with E-state index in [-0.39, 0.29) is 27.8 Å². The molecule has 104 valence electrons. The number of anilines is 1. The van der Waals surface area contributed by atoms with Crippen molar-refractivity contribution >= 4 is 39.1 Å². The van der Waals surface area contributed by atoms with Crippen molar-refractivity contribution in [1.82, 2.24) is 0 Å². The van der Waals surface area contributed by atoms with Crippen molar-refractivity contribution in [3.63, 3.8) is 0 Å². The maximum Gasteiger partial charge on any atom is 0.252 e. The minimum atomic E-state index is -0.772. The van der Waals surface area contributed by atoms with Crippen LogP contribution in [0.4, 0.5) is 10.1 Å². The highest BCUT2D eigenvalue weighted by atomic mass is 79.9. The highest BCUT2D eigenvalue weighted by molar-refractivity contribution is 9.10. The molecule has 7 heteroatoms. The maximum atomic E-state index is 13.7. The standard InChI is InChI=1S/C13H9BrClFN2O2/c14-6-1-2-11(10(16)3-6)20-12-8(13(18)19)4-7(17)5-9(12)15/h1-5H,17H2,(H2,18,19). The predicted octanol–water partition coefficient (Wildman–Crippen LogP) is 3.72. The van der Waals surface area contributed by atoms with E-state index in [1.54, 1.807) is 6.07 Å². The Balaban J connectivity index is 2.50. The van der Waals surface area contributed by atoms with Gasteiger partial charge in [0.2, 0.25) is 0 Å². The first-order valence-electron chi connectivity index (χ1n) is 5.40. The fraction of sp³-hybridized carbons (Fsp3) is 0. The number of hydrogen-bond acceptors (Lipinski definition) is 3. The van der Waals surface area contributed by atoms with Crippen LogP contribution in [-0.2, 0) is 0 Å². The van der Waals surface area contributed by atoms with Gasteiger partial charge in [-0.05, 0) is 30.3 Å². The van der Waals surface area contributed by atoms with E-state index < -0.39 is 11.7 Å². The Morgan fingerprint density at radius 2 is 2.00 bits per heavy atom. The monoisotopic (exact) mass is 358 g/mol. The van der Waals surface area contributed by atoms with Crippen LogP contribution in [-0.4, -0.2) is 5.91 Å². The second-order valence-electron chi connectivity index (χ2n) is 3.92. The van der Waals surface area contributed by atoms with Gasteiger partial charge in [-0.2, -0.15) is 0 Å². The SMILES string of the molecule is NC(=O)c1cc(N)cc(Cl)c1Oc1ccc(Br)cc1F. The molecule has 0 aromatic heterocycles. The van der Waals surface area contributed by atoms with Crippen molar-refractivity contribution in [3.8, 4) is 11.5 Å². The molecule has 4 N–H and O–H groups in total. The molecular weight excluding hydrogens is 351 g/mol. The van der Waals surface area contributed by atoms with Gasteiger partial charge >= 0.3 is 0 Å². The molecule has 0 saturated heterocycles. The molecule has 0 heterocycles. The number of rotatable bonds is 3. The molecule has 4 nitrogen and oxygen atoms in total. The molecule has 0 radical (unpaired) electrons. The summed E-state index contributed by atoms with van der Waals surface area (Å²) in [5.41, 5.74) is 11.1. The van der Waals surface area contributed by atoms with E-state index in [9.17, 15) is 9.18 Å². The van der Waals surface area contributed by atoms with E-state index in [0.717, 1.165) is 0 Å². The summed E-state index contributed by atoms with van der Waals surface area (Å²) >= 11 is 9.10. The zero-order valence-electron chi connectivity index (χ0n) is 9.99. The predicted molar refractivity (Wildman–Crippen MR) is 78.6 cm³/mol. The number of nitrogen functional groups attached to an aromatic ring is 1. The highest BCUT2D eigenvalue weighted by Gasteiger charge is 2.17. The molecule has 0 aliphatic rings. The lowest BCUT2D eigenvalue weighted by Crippen LogP contribution is -2.13. The first-order valence-corrected chi connectivity index (χ1v) is 6.57. The van der Waals surface area contributed by atoms with Crippen molar-refractivity contribution < 1.29 is 13.9 Å². The molecule has 0 unspecified atom stereocenters. The molecule has 0 aliphatic carbocycles. The lowest BCUT2D eigenvalue weighted by Gasteiger charge is -2.12. The number of carbonyl (C=O) groups excluding carboxylic acids is 1. The van der Waals surface area contributed by atoms with E-state index in [0.29, 0.717) is 4.47 Å². The van der Waals surface area contributed by atoms with Gasteiger partial charge in [0.15, 0.2) is 17.3 Å². The molecule has 0 spiro atoms. The largest absolute Gasteiger partial charge is 0.452 e. The van der Waals surface area contributed by atoms with Crippen molar-refractivity contribution in [2.75, 3.05) is 5.73 Å². The number of carbonyl (C=O) groups is 1. The second-order valence-corrected chi connectivity index (χ2v) is 5.24. The van der Waals surface area contributed by atoms with Gasteiger partial charge in [0.25, 0.3) is 5.91 Å². The first-order chi connectivity index (χ1) is 9.38. The van der Waals surface area contributed by atoms with Gasteiger partial charge < -0.3 is 16.2 Å². The van der Waals surface area contributed by atoms with Crippen molar-refractivity contribution in [2.45, 2.75) is 0 Å². The smallest absolute Gasteiger partial charge is 0.252 e. The second kappa shape index (κ2) is 5.68. The summed E-state index contributed by atoms with van der Waals surface area (Å²) in [6.45, 7) is 0. The van der Waals surface area contributed by atoms with E-state index in [4.69, 9.17) is 27.8 Å². The zero-order valence-corrected chi connectivity index (χ0v) is 12.3. The molecule has 0 aliphatic heterocycles. The lowest BCUT2D eigenvalue weighted by molar-refractivity contribution is 0.0998. The molecule has 2 aromatic rings. The molecule has 0 fully saturated rings. The minimum Gasteiger partial charge on any atom is -0.452 e. The quantitative estimate of drug-likeness (QED) is 0.820. The van der Waals surface area contributed by atoms with Gasteiger partial charge in [-0.25, -0.2) is 4.39 Å². The van der Waals surface area contributed by atoms with Gasteiger partial charge in [0.05, 0.1) is 10.6 Å². The summed E-state index contributed by atoms with van der Waals surface area (Å²) in [6.07, 6.45) is 0. The van der Waals surface area contributed by atoms with Gasteiger partial charge in [-0.1, -0.05) is 27.5 Å². The van der Waals surface area contributed by atoms with Gasteiger partial charge in [0.1, 0.15) is 0 Å². The van der Waals surface area contributed by atoms with Crippen LogP contribution in [0.15, 0.2) is 34.8 Å². The van der Waals surface area contributed by atoms with Crippen LogP contribution in [0.2, 0.25) is 5.02 Å². The van der Waals surface area contributed by atoms with Crippen molar-refractivity contribution in [2.24, 2.45) is 5.73 Å². The number of ether oxygens (including phenoxy) is 1. The van der Waals surface area contributed by atoms with E-state index >= 15 is 0 Å². The number of nitrogens with two attached hydrogens (primary N) is 2. The average Bonchev–Trinajstić information content (AvgIpc) is 2.34. The Labute approximate surface area is 127 Å². The van der Waals surface area contributed by atoms with Crippen LogP contribution in [0.25, 0.3) is 0 Å². The Morgan fingerprint density at radius 3 is 2.60 bits per heavy atom. The van der Waals surface area contributed by atoms with Crippen molar-refractivity contribution in [3.05, 3.63) is 51.2 Å². The number of primary amides is 1. The number of benzene rings is 2.